The van der Waals surface area contributed by atoms with Gasteiger partial charge in [0.15, 0.2) is 5.13 Å². The summed E-state index contributed by atoms with van der Waals surface area (Å²) in [5.41, 5.74) is -0.435. The van der Waals surface area contributed by atoms with Crippen LogP contribution in [0, 0.1) is 0 Å². The highest BCUT2D eigenvalue weighted by atomic mass is 32.1. The van der Waals surface area contributed by atoms with E-state index >= 15 is 0 Å². The summed E-state index contributed by atoms with van der Waals surface area (Å²) in [6.45, 7) is 9.95. The van der Waals surface area contributed by atoms with Crippen LogP contribution in [0.1, 0.15) is 89.9 Å². The smallest absolute Gasteiger partial charge is 0.410 e. The molecule has 1 saturated heterocycles. The summed E-state index contributed by atoms with van der Waals surface area (Å²) < 4.78 is 5.53. The van der Waals surface area contributed by atoms with Crippen LogP contribution in [0.15, 0.2) is 6.20 Å². The van der Waals surface area contributed by atoms with Gasteiger partial charge >= 0.3 is 6.09 Å². The Bertz CT molecular complexity index is 709. The first-order valence-electron chi connectivity index (χ1n) is 12.8. The van der Waals surface area contributed by atoms with Crippen molar-refractivity contribution in [2.24, 2.45) is 0 Å². The number of aromatic nitrogens is 1. The first kappa shape index (κ1) is 23.8. The Balaban J connectivity index is 1.34. The van der Waals surface area contributed by atoms with Gasteiger partial charge in [-0.25, -0.2) is 9.78 Å². The van der Waals surface area contributed by atoms with E-state index in [-0.39, 0.29) is 6.09 Å². The first-order valence-corrected chi connectivity index (χ1v) is 13.6. The van der Waals surface area contributed by atoms with Gasteiger partial charge in [-0.15, -0.1) is 11.3 Å². The molecule has 0 spiro atoms. The SMILES string of the molecule is CC(C)(C)OC(=O)N1CCN(Cc2cnc(N(C3CCCCC3)C3CCCCC3)s2)CC1. The van der Waals surface area contributed by atoms with Gasteiger partial charge in [0.1, 0.15) is 5.60 Å². The van der Waals surface area contributed by atoms with Crippen LogP contribution < -0.4 is 4.90 Å². The summed E-state index contributed by atoms with van der Waals surface area (Å²) in [5.74, 6) is 0. The number of carbonyl (C=O) groups excluding carboxylic acids is 1. The zero-order valence-electron chi connectivity index (χ0n) is 20.4. The maximum absolute atomic E-state index is 12.3. The quantitative estimate of drug-likeness (QED) is 0.564. The van der Waals surface area contributed by atoms with Gasteiger partial charge in [0.25, 0.3) is 0 Å². The third-order valence-corrected chi connectivity index (χ3v) is 8.10. The molecule has 0 radical (unpaired) electrons. The van der Waals surface area contributed by atoms with Crippen molar-refractivity contribution >= 4 is 22.6 Å². The number of anilines is 1. The van der Waals surface area contributed by atoms with Gasteiger partial charge < -0.3 is 14.5 Å². The molecule has 2 aliphatic carbocycles. The van der Waals surface area contributed by atoms with Gasteiger partial charge in [-0.2, -0.15) is 0 Å². The van der Waals surface area contributed by atoms with E-state index in [0.717, 1.165) is 32.7 Å². The molecule has 6 nitrogen and oxygen atoms in total. The largest absolute Gasteiger partial charge is 0.444 e. The Morgan fingerprint density at radius 3 is 2.09 bits per heavy atom. The Morgan fingerprint density at radius 1 is 1.00 bits per heavy atom. The molecule has 1 aromatic heterocycles. The van der Waals surface area contributed by atoms with Crippen LogP contribution in [0.25, 0.3) is 0 Å². The lowest BCUT2D eigenvalue weighted by Gasteiger charge is -2.41. The van der Waals surface area contributed by atoms with E-state index in [2.05, 4.69) is 16.0 Å². The molecule has 4 rings (SSSR count). The van der Waals surface area contributed by atoms with Gasteiger partial charge in [0.05, 0.1) is 0 Å². The van der Waals surface area contributed by atoms with Crippen LogP contribution in [-0.4, -0.2) is 64.7 Å². The molecule has 2 heterocycles. The molecule has 0 unspecified atom stereocenters. The fraction of sp³-hybridized carbons (Fsp3) is 0.840. The van der Waals surface area contributed by atoms with E-state index in [9.17, 15) is 4.79 Å². The van der Waals surface area contributed by atoms with E-state index in [4.69, 9.17) is 9.72 Å². The van der Waals surface area contributed by atoms with E-state index < -0.39 is 5.60 Å². The molecule has 0 aromatic carbocycles. The van der Waals surface area contributed by atoms with E-state index in [1.54, 1.807) is 0 Å². The second-order valence-corrected chi connectivity index (χ2v) is 11.9. The fourth-order valence-electron chi connectivity index (χ4n) is 5.45. The summed E-state index contributed by atoms with van der Waals surface area (Å²) in [6.07, 6.45) is 15.5. The standard InChI is InChI=1S/C25H42N4O2S/c1-25(2,3)31-24(30)28-16-14-27(15-17-28)19-22-18-26-23(32-22)29(20-10-6-4-7-11-20)21-12-8-5-9-13-21/h18,20-21H,4-17,19H2,1-3H3. The summed E-state index contributed by atoms with van der Waals surface area (Å²) >= 11 is 1.90. The second kappa shape index (κ2) is 10.7. The molecule has 32 heavy (non-hydrogen) atoms. The summed E-state index contributed by atoms with van der Waals surface area (Å²) in [6, 6.07) is 1.37. The van der Waals surface area contributed by atoms with Crippen molar-refractivity contribution in [1.29, 1.82) is 0 Å². The average Bonchev–Trinajstić information content (AvgIpc) is 3.22. The predicted molar refractivity (Wildman–Crippen MR) is 131 cm³/mol. The minimum Gasteiger partial charge on any atom is -0.444 e. The van der Waals surface area contributed by atoms with Crippen molar-refractivity contribution in [3.63, 3.8) is 0 Å². The van der Waals surface area contributed by atoms with E-state index in [1.807, 2.05) is 37.0 Å². The van der Waals surface area contributed by atoms with Gasteiger partial charge in [0.2, 0.25) is 0 Å². The van der Waals surface area contributed by atoms with Crippen LogP contribution in [0.2, 0.25) is 0 Å². The number of carbonyl (C=O) groups is 1. The maximum atomic E-state index is 12.3. The number of ether oxygens (including phenoxy) is 1. The van der Waals surface area contributed by atoms with Gasteiger partial charge in [0, 0.05) is 55.9 Å². The highest BCUT2D eigenvalue weighted by molar-refractivity contribution is 7.15. The Labute approximate surface area is 198 Å². The fourth-order valence-corrected chi connectivity index (χ4v) is 6.55. The Hall–Kier alpha value is -1.34. The lowest BCUT2D eigenvalue weighted by Crippen LogP contribution is -2.49. The van der Waals surface area contributed by atoms with Crippen molar-refractivity contribution in [3.8, 4) is 0 Å². The summed E-state index contributed by atoms with van der Waals surface area (Å²) in [4.78, 5) is 25.7. The molecule has 1 aliphatic heterocycles. The molecule has 3 aliphatic rings. The molecule has 0 atom stereocenters. The van der Waals surface area contributed by atoms with E-state index in [1.165, 1.54) is 74.2 Å². The highest BCUT2D eigenvalue weighted by Gasteiger charge is 2.31. The first-order chi connectivity index (χ1) is 15.4. The molecule has 180 valence electrons. The monoisotopic (exact) mass is 462 g/mol. The van der Waals surface area contributed by atoms with Crippen LogP contribution in [0.5, 0.6) is 0 Å². The van der Waals surface area contributed by atoms with Gasteiger partial charge in [-0.05, 0) is 46.5 Å². The van der Waals surface area contributed by atoms with Crippen LogP contribution >= 0.6 is 11.3 Å². The third-order valence-electron chi connectivity index (χ3n) is 7.10. The number of thiazole rings is 1. The topological polar surface area (TPSA) is 48.9 Å². The molecule has 1 aromatic rings. The van der Waals surface area contributed by atoms with Gasteiger partial charge in [-0.1, -0.05) is 38.5 Å². The number of hydrogen-bond acceptors (Lipinski definition) is 6. The molecule has 0 N–H and O–H groups in total. The van der Waals surface area contributed by atoms with Crippen molar-refractivity contribution < 1.29 is 9.53 Å². The maximum Gasteiger partial charge on any atom is 0.410 e. The number of piperazine rings is 1. The average molecular weight is 463 g/mol. The molecular formula is C25H42N4O2S. The van der Waals surface area contributed by atoms with Crippen LogP contribution in [-0.2, 0) is 11.3 Å². The molecule has 7 heteroatoms. The van der Waals surface area contributed by atoms with Crippen molar-refractivity contribution in [2.75, 3.05) is 31.1 Å². The Kier molecular flexibility index (Phi) is 7.98. The zero-order valence-corrected chi connectivity index (χ0v) is 21.2. The highest BCUT2D eigenvalue weighted by Crippen LogP contribution is 2.36. The van der Waals surface area contributed by atoms with Crippen molar-refractivity contribution in [3.05, 3.63) is 11.1 Å². The molecule has 2 saturated carbocycles. The molecule has 0 bridgehead atoms. The normalized spacial score (nSPS) is 22.2. The van der Waals surface area contributed by atoms with Gasteiger partial charge in [-0.3, -0.25) is 4.90 Å². The number of amides is 1. The van der Waals surface area contributed by atoms with Crippen LogP contribution in [0.3, 0.4) is 0 Å². The van der Waals surface area contributed by atoms with Crippen molar-refractivity contribution in [2.45, 2.75) is 109 Å². The lowest BCUT2D eigenvalue weighted by atomic mass is 9.89. The minimum absolute atomic E-state index is 0.187. The molecule has 3 fully saturated rings. The minimum atomic E-state index is -0.435. The number of nitrogens with zero attached hydrogens (tertiary/aromatic N) is 4. The van der Waals surface area contributed by atoms with Crippen LogP contribution in [0.4, 0.5) is 9.93 Å². The number of rotatable bonds is 5. The second-order valence-electron chi connectivity index (χ2n) is 10.8. The lowest BCUT2D eigenvalue weighted by molar-refractivity contribution is 0.0139. The zero-order chi connectivity index (χ0) is 22.6. The summed E-state index contributed by atoms with van der Waals surface area (Å²) in [7, 11) is 0. The molecule has 1 amide bonds. The molecular weight excluding hydrogens is 420 g/mol. The Morgan fingerprint density at radius 2 is 1.56 bits per heavy atom. The predicted octanol–water partition coefficient (Wildman–Crippen LogP) is 5.67. The third kappa shape index (κ3) is 6.37. The summed E-state index contributed by atoms with van der Waals surface area (Å²) in [5, 5.41) is 1.26. The van der Waals surface area contributed by atoms with E-state index in [0.29, 0.717) is 12.1 Å². The number of hydrogen-bond donors (Lipinski definition) is 0. The van der Waals surface area contributed by atoms with Crippen molar-refractivity contribution in [1.82, 2.24) is 14.8 Å².